The molecule has 0 spiro atoms. The molecular formula is C21H24FN3O3S. The summed E-state index contributed by atoms with van der Waals surface area (Å²) in [6, 6.07) is 10.3. The number of methoxy groups -OCH3 is 1. The van der Waals surface area contributed by atoms with Gasteiger partial charge in [-0.25, -0.2) is 16.8 Å². The van der Waals surface area contributed by atoms with Crippen molar-refractivity contribution < 1.29 is 17.5 Å². The van der Waals surface area contributed by atoms with E-state index in [0.29, 0.717) is 17.8 Å². The van der Waals surface area contributed by atoms with Crippen molar-refractivity contribution in [3.05, 3.63) is 60.0 Å². The second-order valence-corrected chi connectivity index (χ2v) is 9.16. The molecule has 0 bridgehead atoms. The van der Waals surface area contributed by atoms with Gasteiger partial charge in [0.05, 0.1) is 17.5 Å². The molecule has 0 N–H and O–H groups in total. The Hall–Kier alpha value is -2.42. The summed E-state index contributed by atoms with van der Waals surface area (Å²) in [7, 11) is -0.186. The normalized spacial score (nSPS) is 16.4. The molecule has 1 fully saturated rings. The van der Waals surface area contributed by atoms with Crippen molar-refractivity contribution in [3.8, 4) is 5.75 Å². The Balaban J connectivity index is 1.82. The van der Waals surface area contributed by atoms with E-state index in [9.17, 15) is 12.8 Å². The van der Waals surface area contributed by atoms with Gasteiger partial charge in [0, 0.05) is 44.3 Å². The molecule has 1 saturated heterocycles. The van der Waals surface area contributed by atoms with Crippen molar-refractivity contribution in [1.82, 2.24) is 13.8 Å². The third-order valence-electron chi connectivity index (χ3n) is 5.42. The van der Waals surface area contributed by atoms with Crippen LogP contribution in [0.5, 0.6) is 5.75 Å². The largest absolute Gasteiger partial charge is 0.496 e. The highest BCUT2D eigenvalue weighted by Gasteiger charge is 2.24. The molecule has 0 amide bonds. The van der Waals surface area contributed by atoms with Crippen molar-refractivity contribution in [3.63, 3.8) is 0 Å². The third-order valence-corrected chi connectivity index (χ3v) is 7.10. The number of nitrogens with zero attached hydrogens (tertiary/aromatic N) is 3. The SMILES string of the molecule is COc1cccc2c1c(CN1CCN(C)CC1)cn2S(=O)(=O)c1ccc(F)cc1. The molecule has 29 heavy (non-hydrogen) atoms. The lowest BCUT2D eigenvalue weighted by Crippen LogP contribution is -2.43. The van der Waals surface area contributed by atoms with Crippen LogP contribution in [0.15, 0.2) is 53.6 Å². The zero-order valence-electron chi connectivity index (χ0n) is 16.5. The highest BCUT2D eigenvalue weighted by atomic mass is 32.2. The van der Waals surface area contributed by atoms with Crippen LogP contribution < -0.4 is 4.74 Å². The second-order valence-electron chi connectivity index (χ2n) is 7.34. The number of rotatable bonds is 5. The Morgan fingerprint density at radius 3 is 2.38 bits per heavy atom. The molecule has 1 aromatic heterocycles. The summed E-state index contributed by atoms with van der Waals surface area (Å²) in [6.07, 6.45) is 1.67. The molecule has 1 aliphatic rings. The number of aromatic nitrogens is 1. The summed E-state index contributed by atoms with van der Waals surface area (Å²) in [5.41, 5.74) is 1.45. The average molecular weight is 418 g/mol. The minimum atomic E-state index is -3.87. The van der Waals surface area contributed by atoms with Crippen molar-refractivity contribution in [2.24, 2.45) is 0 Å². The molecule has 0 unspecified atom stereocenters. The van der Waals surface area contributed by atoms with Gasteiger partial charge in [0.1, 0.15) is 11.6 Å². The zero-order chi connectivity index (χ0) is 20.6. The standard InChI is InChI=1S/C21H24FN3O3S/c1-23-10-12-24(13-11-23)14-16-15-25(19-4-3-5-20(28-2)21(16)19)29(26,27)18-8-6-17(22)7-9-18/h3-9,15H,10-14H2,1-2H3. The van der Waals surface area contributed by atoms with Crippen LogP contribution in [0.25, 0.3) is 10.9 Å². The summed E-state index contributed by atoms with van der Waals surface area (Å²) >= 11 is 0. The predicted octanol–water partition coefficient (Wildman–Crippen LogP) is 2.77. The van der Waals surface area contributed by atoms with E-state index >= 15 is 0 Å². The number of ether oxygens (including phenoxy) is 1. The van der Waals surface area contributed by atoms with Crippen LogP contribution in [-0.4, -0.2) is 62.5 Å². The molecule has 3 aromatic rings. The number of hydrogen-bond donors (Lipinski definition) is 0. The molecular weight excluding hydrogens is 393 g/mol. The fraction of sp³-hybridized carbons (Fsp3) is 0.333. The molecule has 1 aliphatic heterocycles. The third kappa shape index (κ3) is 3.75. The molecule has 0 aliphatic carbocycles. The fourth-order valence-corrected chi connectivity index (χ4v) is 5.14. The highest BCUT2D eigenvalue weighted by molar-refractivity contribution is 7.90. The van der Waals surface area contributed by atoms with Crippen molar-refractivity contribution >= 4 is 20.9 Å². The number of halogens is 1. The van der Waals surface area contributed by atoms with E-state index in [4.69, 9.17) is 4.74 Å². The molecule has 0 saturated carbocycles. The predicted molar refractivity (Wildman–Crippen MR) is 110 cm³/mol. The van der Waals surface area contributed by atoms with Crippen LogP contribution in [0.1, 0.15) is 5.56 Å². The molecule has 2 heterocycles. The van der Waals surface area contributed by atoms with E-state index in [0.717, 1.165) is 49.3 Å². The van der Waals surface area contributed by atoms with Crippen LogP contribution >= 0.6 is 0 Å². The van der Waals surface area contributed by atoms with Gasteiger partial charge in [0.2, 0.25) is 0 Å². The zero-order valence-corrected chi connectivity index (χ0v) is 17.3. The molecule has 6 nitrogen and oxygen atoms in total. The van der Waals surface area contributed by atoms with E-state index in [1.807, 2.05) is 6.07 Å². The van der Waals surface area contributed by atoms with Crippen LogP contribution in [0, 0.1) is 5.82 Å². The lowest BCUT2D eigenvalue weighted by Gasteiger charge is -2.32. The number of hydrogen-bond acceptors (Lipinski definition) is 5. The van der Waals surface area contributed by atoms with Crippen LogP contribution in [0.2, 0.25) is 0 Å². The number of likely N-dealkylation sites (N-methyl/N-ethyl adjacent to an activating group) is 1. The summed E-state index contributed by atoms with van der Waals surface area (Å²) in [4.78, 5) is 4.64. The lowest BCUT2D eigenvalue weighted by molar-refractivity contribution is 0.148. The minimum Gasteiger partial charge on any atom is -0.496 e. The lowest BCUT2D eigenvalue weighted by atomic mass is 10.1. The summed E-state index contributed by atoms with van der Waals surface area (Å²) in [6.45, 7) is 4.43. The maximum Gasteiger partial charge on any atom is 0.268 e. The number of benzene rings is 2. The molecule has 0 atom stereocenters. The smallest absolute Gasteiger partial charge is 0.268 e. The van der Waals surface area contributed by atoms with Gasteiger partial charge >= 0.3 is 0 Å². The average Bonchev–Trinajstić information content (AvgIpc) is 3.09. The van der Waals surface area contributed by atoms with E-state index < -0.39 is 15.8 Å². The summed E-state index contributed by atoms with van der Waals surface area (Å²) in [5, 5.41) is 0.791. The van der Waals surface area contributed by atoms with Gasteiger partial charge in [-0.1, -0.05) is 6.07 Å². The Morgan fingerprint density at radius 2 is 1.72 bits per heavy atom. The first-order chi connectivity index (χ1) is 13.9. The van der Waals surface area contributed by atoms with E-state index in [1.54, 1.807) is 25.4 Å². The number of piperazine rings is 1. The van der Waals surface area contributed by atoms with Crippen LogP contribution in [0.4, 0.5) is 4.39 Å². The van der Waals surface area contributed by atoms with Gasteiger partial charge in [0.15, 0.2) is 0 Å². The van der Waals surface area contributed by atoms with Gasteiger partial charge in [0.25, 0.3) is 10.0 Å². The van der Waals surface area contributed by atoms with Gasteiger partial charge in [-0.15, -0.1) is 0 Å². The van der Waals surface area contributed by atoms with E-state index in [-0.39, 0.29) is 4.90 Å². The topological polar surface area (TPSA) is 54.8 Å². The Kier molecular flexibility index (Phi) is 5.33. The second kappa shape index (κ2) is 7.78. The maximum atomic E-state index is 13.3. The van der Waals surface area contributed by atoms with Crippen molar-refractivity contribution in [1.29, 1.82) is 0 Å². The summed E-state index contributed by atoms with van der Waals surface area (Å²) < 4.78 is 46.7. The summed E-state index contributed by atoms with van der Waals surface area (Å²) in [5.74, 6) is 0.165. The monoisotopic (exact) mass is 417 g/mol. The first-order valence-electron chi connectivity index (χ1n) is 9.49. The first kappa shape index (κ1) is 19.9. The Morgan fingerprint density at radius 1 is 1.03 bits per heavy atom. The molecule has 4 rings (SSSR count). The van der Waals surface area contributed by atoms with Gasteiger partial charge < -0.3 is 9.64 Å². The van der Waals surface area contributed by atoms with Gasteiger partial charge in [-0.2, -0.15) is 0 Å². The van der Waals surface area contributed by atoms with Crippen LogP contribution in [0.3, 0.4) is 0 Å². The van der Waals surface area contributed by atoms with Crippen LogP contribution in [-0.2, 0) is 16.6 Å². The van der Waals surface area contributed by atoms with Crippen molar-refractivity contribution in [2.75, 3.05) is 40.3 Å². The fourth-order valence-electron chi connectivity index (χ4n) is 3.76. The van der Waals surface area contributed by atoms with E-state index in [2.05, 4.69) is 16.8 Å². The molecule has 154 valence electrons. The maximum absolute atomic E-state index is 13.3. The van der Waals surface area contributed by atoms with E-state index in [1.165, 1.54) is 16.1 Å². The Labute approximate surface area is 170 Å². The first-order valence-corrected chi connectivity index (χ1v) is 10.9. The molecule has 0 radical (unpaired) electrons. The quantitative estimate of drug-likeness (QED) is 0.639. The molecule has 2 aromatic carbocycles. The van der Waals surface area contributed by atoms with Crippen molar-refractivity contribution in [2.45, 2.75) is 11.4 Å². The minimum absolute atomic E-state index is 0.0461. The highest BCUT2D eigenvalue weighted by Crippen LogP contribution is 2.33. The molecule has 8 heteroatoms. The van der Waals surface area contributed by atoms with Gasteiger partial charge in [-0.05, 0) is 49.0 Å². The van der Waals surface area contributed by atoms with Gasteiger partial charge in [-0.3, -0.25) is 4.90 Å². The number of fused-ring (bicyclic) bond motifs is 1. The Bertz CT molecular complexity index is 1120.